The molecule has 0 saturated carbocycles. The molecule has 2 aromatic carbocycles. The van der Waals surface area contributed by atoms with Crippen LogP contribution >= 0.6 is 23.4 Å². The fraction of sp³-hybridized carbons (Fsp3) is 0.273. The molecule has 0 spiro atoms. The van der Waals surface area contributed by atoms with E-state index in [2.05, 4.69) is 20.4 Å². The lowest BCUT2D eigenvalue weighted by Gasteiger charge is -2.10. The van der Waals surface area contributed by atoms with Crippen molar-refractivity contribution in [2.75, 3.05) is 21.3 Å². The first-order valence-corrected chi connectivity index (χ1v) is 11.4. The molecular formula is C22H22ClN5O4S. The summed E-state index contributed by atoms with van der Waals surface area (Å²) in [6.45, 7) is 2.69. The van der Waals surface area contributed by atoms with Crippen LogP contribution < -0.4 is 14.2 Å². The van der Waals surface area contributed by atoms with Crippen molar-refractivity contribution < 1.29 is 18.6 Å². The van der Waals surface area contributed by atoms with Crippen LogP contribution in [0.5, 0.6) is 17.2 Å². The Labute approximate surface area is 200 Å². The fourth-order valence-corrected chi connectivity index (χ4v) is 4.27. The van der Waals surface area contributed by atoms with Gasteiger partial charge >= 0.3 is 0 Å². The Hall–Kier alpha value is -3.24. The SMILES string of the molecule is CCn1c(SCc2nnc(-c3ccc(OC)c(OC)c3)o2)nnc1-c1cc(Cl)ccc1OC. The summed E-state index contributed by atoms with van der Waals surface area (Å²) in [5, 5.41) is 18.4. The normalized spacial score (nSPS) is 10.9. The van der Waals surface area contributed by atoms with E-state index in [9.17, 15) is 0 Å². The first-order valence-electron chi connectivity index (χ1n) is 10.0. The third-order valence-electron chi connectivity index (χ3n) is 4.86. The molecule has 0 radical (unpaired) electrons. The molecular weight excluding hydrogens is 466 g/mol. The summed E-state index contributed by atoms with van der Waals surface area (Å²) in [5.41, 5.74) is 1.52. The maximum atomic E-state index is 6.20. The number of ether oxygens (including phenoxy) is 3. The predicted molar refractivity (Wildman–Crippen MR) is 125 cm³/mol. The van der Waals surface area contributed by atoms with Crippen molar-refractivity contribution >= 4 is 23.4 Å². The number of methoxy groups -OCH3 is 3. The molecule has 2 heterocycles. The summed E-state index contributed by atoms with van der Waals surface area (Å²) in [7, 11) is 4.78. The van der Waals surface area contributed by atoms with E-state index in [4.69, 9.17) is 30.2 Å². The van der Waals surface area contributed by atoms with Gasteiger partial charge in [-0.3, -0.25) is 0 Å². The first kappa shape index (κ1) is 22.9. The third-order valence-corrected chi connectivity index (χ3v) is 6.04. The Morgan fingerprint density at radius 2 is 1.67 bits per heavy atom. The number of halogens is 1. The van der Waals surface area contributed by atoms with Gasteiger partial charge in [-0.1, -0.05) is 23.4 Å². The van der Waals surface area contributed by atoms with Gasteiger partial charge in [0.15, 0.2) is 22.5 Å². The standard InChI is InChI=1S/C22H22ClN5O4S/c1-5-28-20(15-11-14(23)7-9-16(15)29-2)25-27-22(28)33-12-19-24-26-21(32-19)13-6-8-17(30-3)18(10-13)31-4/h6-11H,5,12H2,1-4H3. The largest absolute Gasteiger partial charge is 0.496 e. The van der Waals surface area contributed by atoms with E-state index in [0.29, 0.717) is 52.2 Å². The second-order valence-corrected chi connectivity index (χ2v) is 8.13. The van der Waals surface area contributed by atoms with E-state index in [0.717, 1.165) is 16.3 Å². The van der Waals surface area contributed by atoms with E-state index in [1.165, 1.54) is 11.8 Å². The zero-order valence-corrected chi connectivity index (χ0v) is 20.1. The number of rotatable bonds is 9. The highest BCUT2D eigenvalue weighted by Crippen LogP contribution is 2.35. The summed E-state index contributed by atoms with van der Waals surface area (Å²) in [6, 6.07) is 10.8. The smallest absolute Gasteiger partial charge is 0.247 e. The molecule has 0 aliphatic heterocycles. The van der Waals surface area contributed by atoms with Crippen LogP contribution in [0.4, 0.5) is 0 Å². The minimum Gasteiger partial charge on any atom is -0.496 e. The van der Waals surface area contributed by atoms with Crippen LogP contribution in [-0.2, 0) is 12.3 Å². The molecule has 33 heavy (non-hydrogen) atoms. The van der Waals surface area contributed by atoms with E-state index >= 15 is 0 Å². The molecule has 0 aliphatic carbocycles. The Bertz CT molecular complexity index is 1260. The van der Waals surface area contributed by atoms with Crippen molar-refractivity contribution in [2.24, 2.45) is 0 Å². The number of thioether (sulfide) groups is 1. The van der Waals surface area contributed by atoms with Crippen LogP contribution in [0.15, 0.2) is 46.0 Å². The van der Waals surface area contributed by atoms with Crippen LogP contribution in [0.2, 0.25) is 5.02 Å². The van der Waals surface area contributed by atoms with Crippen LogP contribution in [-0.4, -0.2) is 46.3 Å². The van der Waals surface area contributed by atoms with Gasteiger partial charge in [0.05, 0.1) is 32.6 Å². The average Bonchev–Trinajstić information content (AvgIpc) is 3.49. The lowest BCUT2D eigenvalue weighted by atomic mass is 10.2. The zero-order valence-electron chi connectivity index (χ0n) is 18.5. The highest BCUT2D eigenvalue weighted by molar-refractivity contribution is 7.98. The first-order chi connectivity index (χ1) is 16.1. The molecule has 0 fully saturated rings. The summed E-state index contributed by atoms with van der Waals surface area (Å²) in [4.78, 5) is 0. The van der Waals surface area contributed by atoms with Crippen molar-refractivity contribution in [2.45, 2.75) is 24.4 Å². The molecule has 9 nitrogen and oxygen atoms in total. The molecule has 172 valence electrons. The summed E-state index contributed by atoms with van der Waals surface area (Å²) < 4.78 is 23.9. The fourth-order valence-electron chi connectivity index (χ4n) is 3.26. The molecule has 0 N–H and O–H groups in total. The number of nitrogens with zero attached hydrogens (tertiary/aromatic N) is 5. The van der Waals surface area contributed by atoms with E-state index in [1.54, 1.807) is 39.5 Å². The number of benzene rings is 2. The van der Waals surface area contributed by atoms with Crippen molar-refractivity contribution in [3.05, 3.63) is 47.3 Å². The Morgan fingerprint density at radius 1 is 0.909 bits per heavy atom. The highest BCUT2D eigenvalue weighted by atomic mass is 35.5. The zero-order chi connectivity index (χ0) is 23.4. The van der Waals surface area contributed by atoms with Crippen LogP contribution in [0.1, 0.15) is 12.8 Å². The minimum absolute atomic E-state index is 0.396. The van der Waals surface area contributed by atoms with Crippen molar-refractivity contribution in [3.8, 4) is 40.1 Å². The molecule has 0 aliphatic rings. The highest BCUT2D eigenvalue weighted by Gasteiger charge is 2.19. The van der Waals surface area contributed by atoms with Gasteiger partial charge in [-0.2, -0.15) is 0 Å². The monoisotopic (exact) mass is 487 g/mol. The van der Waals surface area contributed by atoms with Gasteiger partial charge in [0, 0.05) is 17.1 Å². The van der Waals surface area contributed by atoms with E-state index in [1.807, 2.05) is 29.7 Å². The second-order valence-electron chi connectivity index (χ2n) is 6.75. The molecule has 0 amide bonds. The van der Waals surface area contributed by atoms with Gasteiger partial charge in [0.25, 0.3) is 0 Å². The summed E-state index contributed by atoms with van der Waals surface area (Å²) >= 11 is 7.65. The molecule has 2 aromatic heterocycles. The summed E-state index contributed by atoms with van der Waals surface area (Å²) in [5.74, 6) is 3.87. The molecule has 0 atom stereocenters. The molecule has 0 unspecified atom stereocenters. The maximum Gasteiger partial charge on any atom is 0.247 e. The van der Waals surface area contributed by atoms with E-state index in [-0.39, 0.29) is 0 Å². The van der Waals surface area contributed by atoms with Gasteiger partial charge < -0.3 is 23.2 Å². The lowest BCUT2D eigenvalue weighted by molar-refractivity contribution is 0.355. The minimum atomic E-state index is 0.396. The number of aromatic nitrogens is 5. The molecule has 11 heteroatoms. The molecule has 0 saturated heterocycles. The van der Waals surface area contributed by atoms with Gasteiger partial charge in [-0.05, 0) is 43.3 Å². The molecule has 0 bridgehead atoms. The maximum absolute atomic E-state index is 6.20. The van der Waals surface area contributed by atoms with Gasteiger partial charge in [-0.15, -0.1) is 20.4 Å². The van der Waals surface area contributed by atoms with Gasteiger partial charge in [0.1, 0.15) is 5.75 Å². The second kappa shape index (κ2) is 10.1. The van der Waals surface area contributed by atoms with Crippen LogP contribution in [0.3, 0.4) is 0 Å². The van der Waals surface area contributed by atoms with E-state index < -0.39 is 0 Å². The average molecular weight is 488 g/mol. The van der Waals surface area contributed by atoms with Gasteiger partial charge in [-0.25, -0.2) is 0 Å². The van der Waals surface area contributed by atoms with Crippen molar-refractivity contribution in [1.82, 2.24) is 25.0 Å². The lowest BCUT2D eigenvalue weighted by Crippen LogP contribution is -2.01. The Balaban J connectivity index is 1.53. The van der Waals surface area contributed by atoms with Crippen LogP contribution in [0.25, 0.3) is 22.8 Å². The quantitative estimate of drug-likeness (QED) is 0.302. The van der Waals surface area contributed by atoms with Crippen molar-refractivity contribution in [1.29, 1.82) is 0 Å². The number of hydrogen-bond donors (Lipinski definition) is 0. The third kappa shape index (κ3) is 4.76. The number of hydrogen-bond acceptors (Lipinski definition) is 9. The van der Waals surface area contributed by atoms with Crippen LogP contribution in [0, 0.1) is 0 Å². The van der Waals surface area contributed by atoms with Gasteiger partial charge in [0.2, 0.25) is 11.8 Å². The topological polar surface area (TPSA) is 97.3 Å². The summed E-state index contributed by atoms with van der Waals surface area (Å²) in [6.07, 6.45) is 0. The molecule has 4 aromatic rings. The predicted octanol–water partition coefficient (Wildman–Crippen LogP) is 4.99. The van der Waals surface area contributed by atoms with Crippen molar-refractivity contribution in [3.63, 3.8) is 0 Å². The molecule has 4 rings (SSSR count). The Morgan fingerprint density at radius 3 is 2.39 bits per heavy atom. The Kier molecular flexibility index (Phi) is 7.05.